The molecule has 0 spiro atoms. The van der Waals surface area contributed by atoms with E-state index >= 15 is 0 Å². The summed E-state index contributed by atoms with van der Waals surface area (Å²) in [6.45, 7) is 4.85. The highest BCUT2D eigenvalue weighted by molar-refractivity contribution is 5.98. The van der Waals surface area contributed by atoms with Crippen molar-refractivity contribution in [3.05, 3.63) is 53.6 Å². The lowest BCUT2D eigenvalue weighted by Crippen LogP contribution is -2.38. The molecule has 0 bridgehead atoms. The number of ketones is 1. The van der Waals surface area contributed by atoms with E-state index in [9.17, 15) is 9.90 Å². The van der Waals surface area contributed by atoms with Crippen molar-refractivity contribution in [1.82, 2.24) is 4.90 Å². The summed E-state index contributed by atoms with van der Waals surface area (Å²) in [7, 11) is 1.61. The number of piperidine rings is 1. The summed E-state index contributed by atoms with van der Waals surface area (Å²) >= 11 is 0. The Morgan fingerprint density at radius 1 is 1.26 bits per heavy atom. The number of ether oxygens (including phenoxy) is 2. The Morgan fingerprint density at radius 3 is 2.89 bits per heavy atom. The maximum absolute atomic E-state index is 12.9. The van der Waals surface area contributed by atoms with Gasteiger partial charge in [0.1, 0.15) is 5.75 Å². The van der Waals surface area contributed by atoms with E-state index in [0.29, 0.717) is 23.7 Å². The molecule has 3 rings (SSSR count). The molecule has 1 N–H and O–H groups in total. The van der Waals surface area contributed by atoms with Crippen molar-refractivity contribution in [2.45, 2.75) is 26.3 Å². The number of Topliss-reactive ketones (excluding diaryl/α,β-unsaturated/α-hetero) is 1. The maximum atomic E-state index is 12.9. The summed E-state index contributed by atoms with van der Waals surface area (Å²) in [5, 5.41) is 9.86. The smallest absolute Gasteiger partial charge is 0.167 e. The van der Waals surface area contributed by atoms with Crippen molar-refractivity contribution in [2.24, 2.45) is 5.92 Å². The van der Waals surface area contributed by atoms with Gasteiger partial charge in [-0.1, -0.05) is 18.2 Å². The fourth-order valence-corrected chi connectivity index (χ4v) is 3.61. The Hall–Kier alpha value is -2.53. The van der Waals surface area contributed by atoms with Crippen LogP contribution in [-0.2, 0) is 6.54 Å². The number of aromatic hydroxyl groups is 1. The van der Waals surface area contributed by atoms with E-state index < -0.39 is 0 Å². The number of phenols is 1. The highest BCUT2D eigenvalue weighted by Gasteiger charge is 2.27. The maximum Gasteiger partial charge on any atom is 0.167 e. The molecule has 1 atom stereocenters. The van der Waals surface area contributed by atoms with Gasteiger partial charge in [-0.3, -0.25) is 9.69 Å². The van der Waals surface area contributed by atoms with Crippen molar-refractivity contribution in [1.29, 1.82) is 0 Å². The van der Waals surface area contributed by atoms with Gasteiger partial charge in [0.2, 0.25) is 0 Å². The molecule has 0 unspecified atom stereocenters. The molecular weight excluding hydrogens is 342 g/mol. The number of carbonyl (C=O) groups excluding carboxylic acids is 1. The predicted octanol–water partition coefficient (Wildman–Crippen LogP) is 3.89. The van der Waals surface area contributed by atoms with E-state index in [1.165, 1.54) is 0 Å². The third-order valence-corrected chi connectivity index (χ3v) is 4.96. The van der Waals surface area contributed by atoms with Crippen molar-refractivity contribution in [3.8, 4) is 17.2 Å². The molecule has 1 heterocycles. The van der Waals surface area contributed by atoms with E-state index in [1.807, 2.05) is 43.3 Å². The number of rotatable bonds is 7. The van der Waals surface area contributed by atoms with E-state index in [-0.39, 0.29) is 17.5 Å². The topological polar surface area (TPSA) is 59.0 Å². The molecule has 0 amide bonds. The SMILES string of the molecule is CCOc1cc(CN2CCC[C@H](C(=O)c3cccc(OC)c3)C2)ccc1O. The van der Waals surface area contributed by atoms with E-state index in [1.54, 1.807) is 13.2 Å². The zero-order valence-electron chi connectivity index (χ0n) is 16.0. The molecule has 1 aliphatic rings. The minimum atomic E-state index is -0.00525. The lowest BCUT2D eigenvalue weighted by molar-refractivity contribution is 0.0811. The zero-order chi connectivity index (χ0) is 19.2. The van der Waals surface area contributed by atoms with Gasteiger partial charge < -0.3 is 14.6 Å². The third-order valence-electron chi connectivity index (χ3n) is 4.96. The average molecular weight is 369 g/mol. The van der Waals surface area contributed by atoms with Crippen LogP contribution in [-0.4, -0.2) is 42.6 Å². The molecule has 1 aliphatic heterocycles. The second-order valence-electron chi connectivity index (χ2n) is 6.91. The van der Waals surface area contributed by atoms with Crippen molar-refractivity contribution in [3.63, 3.8) is 0 Å². The van der Waals surface area contributed by atoms with E-state index in [4.69, 9.17) is 9.47 Å². The molecule has 0 radical (unpaired) electrons. The zero-order valence-corrected chi connectivity index (χ0v) is 16.0. The first-order chi connectivity index (χ1) is 13.1. The minimum Gasteiger partial charge on any atom is -0.504 e. The molecule has 144 valence electrons. The summed E-state index contributed by atoms with van der Waals surface area (Å²) in [6.07, 6.45) is 1.91. The van der Waals surface area contributed by atoms with Crippen molar-refractivity contribution in [2.75, 3.05) is 26.8 Å². The number of nitrogens with zero attached hydrogens (tertiary/aromatic N) is 1. The van der Waals surface area contributed by atoms with Gasteiger partial charge in [-0.05, 0) is 56.1 Å². The van der Waals surface area contributed by atoms with Crippen LogP contribution in [0.4, 0.5) is 0 Å². The summed E-state index contributed by atoms with van der Waals surface area (Å²) in [5.74, 6) is 1.55. The molecule has 27 heavy (non-hydrogen) atoms. The summed E-state index contributed by atoms with van der Waals surface area (Å²) in [5.41, 5.74) is 1.79. The highest BCUT2D eigenvalue weighted by atomic mass is 16.5. The molecule has 5 nitrogen and oxygen atoms in total. The number of carbonyl (C=O) groups is 1. The number of likely N-dealkylation sites (tertiary alicyclic amines) is 1. The summed E-state index contributed by atoms with van der Waals surface area (Å²) in [4.78, 5) is 15.2. The number of benzene rings is 2. The van der Waals surface area contributed by atoms with Crippen LogP contribution in [0, 0.1) is 5.92 Å². The molecular formula is C22H27NO4. The second-order valence-corrected chi connectivity index (χ2v) is 6.91. The number of methoxy groups -OCH3 is 1. The average Bonchev–Trinajstić information content (AvgIpc) is 2.70. The van der Waals surface area contributed by atoms with Crippen molar-refractivity contribution >= 4 is 5.78 Å². The number of hydrogen-bond donors (Lipinski definition) is 1. The number of phenolic OH excluding ortho intramolecular Hbond substituents is 1. The van der Waals surface area contributed by atoms with Gasteiger partial charge in [0.05, 0.1) is 13.7 Å². The quantitative estimate of drug-likeness (QED) is 0.750. The normalized spacial score (nSPS) is 17.5. The van der Waals surface area contributed by atoms with Gasteiger partial charge >= 0.3 is 0 Å². The van der Waals surface area contributed by atoms with Crippen molar-refractivity contribution < 1.29 is 19.4 Å². The minimum absolute atomic E-state index is 0.00525. The van der Waals surface area contributed by atoms with Gasteiger partial charge in [0.25, 0.3) is 0 Å². The second kappa shape index (κ2) is 8.91. The molecule has 1 saturated heterocycles. The fraction of sp³-hybridized carbons (Fsp3) is 0.409. The van der Waals surface area contributed by atoms with Crippen LogP contribution >= 0.6 is 0 Å². The number of hydrogen-bond acceptors (Lipinski definition) is 5. The van der Waals surface area contributed by atoms with Gasteiger partial charge in [-0.2, -0.15) is 0 Å². The first-order valence-corrected chi connectivity index (χ1v) is 9.46. The first kappa shape index (κ1) is 19.2. The fourth-order valence-electron chi connectivity index (χ4n) is 3.61. The van der Waals surface area contributed by atoms with Crippen LogP contribution in [0.5, 0.6) is 17.2 Å². The van der Waals surface area contributed by atoms with E-state index in [2.05, 4.69) is 4.90 Å². The third kappa shape index (κ3) is 4.80. The first-order valence-electron chi connectivity index (χ1n) is 9.46. The molecule has 2 aromatic rings. The Balaban J connectivity index is 1.67. The Labute approximate surface area is 160 Å². The Kier molecular flexibility index (Phi) is 6.35. The van der Waals surface area contributed by atoms with Gasteiger partial charge in [-0.15, -0.1) is 0 Å². The van der Waals surface area contributed by atoms with Gasteiger partial charge in [0.15, 0.2) is 17.3 Å². The Bertz CT molecular complexity index is 790. The molecule has 1 fully saturated rings. The van der Waals surface area contributed by atoms with Crippen LogP contribution in [0.25, 0.3) is 0 Å². The van der Waals surface area contributed by atoms with E-state index in [0.717, 1.165) is 38.0 Å². The molecule has 0 saturated carbocycles. The Morgan fingerprint density at radius 2 is 2.11 bits per heavy atom. The van der Waals surface area contributed by atoms with Crippen LogP contribution in [0.1, 0.15) is 35.7 Å². The molecule has 2 aromatic carbocycles. The molecule has 0 aromatic heterocycles. The standard InChI is InChI=1S/C22H27NO4/c1-3-27-21-12-16(9-10-20(21)24)14-23-11-5-7-18(15-23)22(25)17-6-4-8-19(13-17)26-2/h4,6,8-10,12-13,18,24H,3,5,7,11,14-15H2,1-2H3/t18-/m0/s1. The lowest BCUT2D eigenvalue weighted by Gasteiger charge is -2.32. The van der Waals surface area contributed by atoms with Crippen LogP contribution in [0.2, 0.25) is 0 Å². The van der Waals surface area contributed by atoms with Crippen LogP contribution < -0.4 is 9.47 Å². The highest BCUT2D eigenvalue weighted by Crippen LogP contribution is 2.29. The van der Waals surface area contributed by atoms with Crippen LogP contribution in [0.15, 0.2) is 42.5 Å². The molecule has 5 heteroatoms. The lowest BCUT2D eigenvalue weighted by atomic mass is 9.89. The van der Waals surface area contributed by atoms with Gasteiger partial charge in [0, 0.05) is 24.6 Å². The monoisotopic (exact) mass is 369 g/mol. The predicted molar refractivity (Wildman–Crippen MR) is 105 cm³/mol. The molecule has 0 aliphatic carbocycles. The largest absolute Gasteiger partial charge is 0.504 e. The van der Waals surface area contributed by atoms with Gasteiger partial charge in [-0.25, -0.2) is 0 Å². The van der Waals surface area contributed by atoms with Crippen LogP contribution in [0.3, 0.4) is 0 Å². The summed E-state index contributed by atoms with van der Waals surface area (Å²) in [6, 6.07) is 12.8. The summed E-state index contributed by atoms with van der Waals surface area (Å²) < 4.78 is 10.7.